The fourth-order valence-electron chi connectivity index (χ4n) is 3.44. The second-order valence-corrected chi connectivity index (χ2v) is 6.82. The molecule has 2 heterocycles. The number of rotatable bonds is 6. The molecule has 134 valence electrons. The molecule has 1 aromatic carbocycles. The minimum Gasteiger partial charge on any atom is -0.388 e. The Labute approximate surface area is 148 Å². The summed E-state index contributed by atoms with van der Waals surface area (Å²) in [6.45, 7) is 4.07. The maximum atomic E-state index is 13.0. The first-order chi connectivity index (χ1) is 12.1. The van der Waals surface area contributed by atoms with Crippen LogP contribution < -0.4 is 10.2 Å². The number of piperidine rings is 1. The number of hydrogen-bond acceptors (Lipinski definition) is 4. The van der Waals surface area contributed by atoms with Gasteiger partial charge in [-0.1, -0.05) is 18.2 Å². The lowest BCUT2D eigenvalue weighted by molar-refractivity contribution is 0.150. The van der Waals surface area contributed by atoms with Crippen LogP contribution in [0.1, 0.15) is 37.9 Å². The number of nitrogens with zero attached hydrogens (tertiary/aromatic N) is 2. The molecule has 2 N–H and O–H groups in total. The van der Waals surface area contributed by atoms with Gasteiger partial charge in [0.05, 0.1) is 6.10 Å². The van der Waals surface area contributed by atoms with Gasteiger partial charge in [0.2, 0.25) is 0 Å². The summed E-state index contributed by atoms with van der Waals surface area (Å²) in [5, 5.41) is 13.9. The van der Waals surface area contributed by atoms with Crippen LogP contribution in [0.25, 0.3) is 0 Å². The van der Waals surface area contributed by atoms with Crippen molar-refractivity contribution in [1.82, 2.24) is 10.3 Å². The van der Waals surface area contributed by atoms with Crippen molar-refractivity contribution < 1.29 is 9.50 Å². The highest BCUT2D eigenvalue weighted by Gasteiger charge is 2.22. The first-order valence-corrected chi connectivity index (χ1v) is 8.97. The minimum atomic E-state index is -0.572. The van der Waals surface area contributed by atoms with Crippen LogP contribution in [0.2, 0.25) is 0 Å². The average Bonchev–Trinajstić information content (AvgIpc) is 2.63. The molecule has 2 atom stereocenters. The van der Waals surface area contributed by atoms with Gasteiger partial charge in [-0.05, 0) is 56.0 Å². The van der Waals surface area contributed by atoms with E-state index in [0.29, 0.717) is 12.5 Å². The largest absolute Gasteiger partial charge is 0.388 e. The van der Waals surface area contributed by atoms with Crippen molar-refractivity contribution in [3.8, 4) is 0 Å². The number of benzene rings is 1. The molecule has 0 amide bonds. The molecule has 2 aromatic rings. The Morgan fingerprint density at radius 1 is 1.20 bits per heavy atom. The van der Waals surface area contributed by atoms with Crippen LogP contribution in [0.15, 0.2) is 48.7 Å². The zero-order valence-electron chi connectivity index (χ0n) is 14.6. The van der Waals surface area contributed by atoms with Crippen molar-refractivity contribution in [3.05, 3.63) is 60.0 Å². The monoisotopic (exact) mass is 343 g/mol. The Bertz CT molecular complexity index is 642. The summed E-state index contributed by atoms with van der Waals surface area (Å²) < 4.78 is 13.0. The predicted molar refractivity (Wildman–Crippen MR) is 98.0 cm³/mol. The highest BCUT2D eigenvalue weighted by molar-refractivity contribution is 5.38. The van der Waals surface area contributed by atoms with Gasteiger partial charge in [0.25, 0.3) is 0 Å². The third-order valence-corrected chi connectivity index (χ3v) is 4.82. The molecule has 0 radical (unpaired) electrons. The van der Waals surface area contributed by atoms with Crippen LogP contribution in [-0.4, -0.2) is 35.3 Å². The van der Waals surface area contributed by atoms with Crippen LogP contribution in [0.5, 0.6) is 0 Å². The second kappa shape index (κ2) is 8.41. The lowest BCUT2D eigenvalue weighted by Gasteiger charge is -2.35. The van der Waals surface area contributed by atoms with Crippen LogP contribution in [-0.2, 0) is 0 Å². The van der Waals surface area contributed by atoms with Crippen molar-refractivity contribution >= 4 is 5.82 Å². The molecule has 25 heavy (non-hydrogen) atoms. The van der Waals surface area contributed by atoms with Gasteiger partial charge in [-0.3, -0.25) is 0 Å². The Kier molecular flexibility index (Phi) is 6.00. The SMILES string of the molecule is C[C@H](C[C@@H](O)c1ccc(F)cc1)NC1CCN(c2ccccn2)CC1. The van der Waals surface area contributed by atoms with Crippen molar-refractivity contribution in [2.45, 2.75) is 44.4 Å². The van der Waals surface area contributed by atoms with Gasteiger partial charge in [-0.2, -0.15) is 0 Å². The van der Waals surface area contributed by atoms with E-state index in [4.69, 9.17) is 0 Å². The van der Waals surface area contributed by atoms with Crippen molar-refractivity contribution in [3.63, 3.8) is 0 Å². The van der Waals surface area contributed by atoms with E-state index >= 15 is 0 Å². The smallest absolute Gasteiger partial charge is 0.128 e. The van der Waals surface area contributed by atoms with E-state index in [9.17, 15) is 9.50 Å². The zero-order valence-corrected chi connectivity index (χ0v) is 14.6. The summed E-state index contributed by atoms with van der Waals surface area (Å²) >= 11 is 0. The maximum Gasteiger partial charge on any atom is 0.128 e. The van der Waals surface area contributed by atoms with E-state index in [0.717, 1.165) is 37.3 Å². The second-order valence-electron chi connectivity index (χ2n) is 6.82. The molecule has 1 aromatic heterocycles. The molecule has 0 aliphatic carbocycles. The number of aliphatic hydroxyl groups excluding tert-OH is 1. The molecule has 1 aliphatic rings. The number of pyridine rings is 1. The zero-order chi connectivity index (χ0) is 17.6. The van der Waals surface area contributed by atoms with E-state index in [-0.39, 0.29) is 11.9 Å². The normalized spacial score (nSPS) is 18.1. The van der Waals surface area contributed by atoms with Crippen molar-refractivity contribution in [2.75, 3.05) is 18.0 Å². The van der Waals surface area contributed by atoms with Gasteiger partial charge in [-0.15, -0.1) is 0 Å². The highest BCUT2D eigenvalue weighted by Crippen LogP contribution is 2.21. The van der Waals surface area contributed by atoms with Gasteiger partial charge >= 0.3 is 0 Å². The summed E-state index contributed by atoms with van der Waals surface area (Å²) in [6.07, 6.45) is 4.00. The van der Waals surface area contributed by atoms with Crippen LogP contribution in [0.3, 0.4) is 0 Å². The average molecular weight is 343 g/mol. The summed E-state index contributed by atoms with van der Waals surface area (Å²) in [4.78, 5) is 6.73. The van der Waals surface area contributed by atoms with Gasteiger partial charge in [0, 0.05) is 31.4 Å². The molecule has 0 saturated carbocycles. The molecule has 1 saturated heterocycles. The predicted octanol–water partition coefficient (Wildman–Crippen LogP) is 3.29. The van der Waals surface area contributed by atoms with Gasteiger partial charge in [0.1, 0.15) is 11.6 Å². The van der Waals surface area contributed by atoms with Crippen molar-refractivity contribution in [2.24, 2.45) is 0 Å². The molecule has 0 bridgehead atoms. The molecular weight excluding hydrogens is 317 g/mol. The summed E-state index contributed by atoms with van der Waals surface area (Å²) in [7, 11) is 0. The van der Waals surface area contributed by atoms with Gasteiger partial charge in [0.15, 0.2) is 0 Å². The first-order valence-electron chi connectivity index (χ1n) is 8.97. The van der Waals surface area contributed by atoms with Crippen LogP contribution in [0, 0.1) is 5.82 Å². The van der Waals surface area contributed by atoms with E-state index in [1.54, 1.807) is 12.1 Å². The van der Waals surface area contributed by atoms with Crippen molar-refractivity contribution in [1.29, 1.82) is 0 Å². The maximum absolute atomic E-state index is 13.0. The Balaban J connectivity index is 1.44. The molecule has 0 unspecified atom stereocenters. The van der Waals surface area contributed by atoms with Gasteiger partial charge < -0.3 is 15.3 Å². The topological polar surface area (TPSA) is 48.4 Å². The third kappa shape index (κ3) is 5.00. The molecule has 5 heteroatoms. The molecule has 3 rings (SSSR count). The van der Waals surface area contributed by atoms with E-state index in [1.807, 2.05) is 18.3 Å². The summed E-state index contributed by atoms with van der Waals surface area (Å²) in [6, 6.07) is 12.7. The first kappa shape index (κ1) is 17.8. The lowest BCUT2D eigenvalue weighted by atomic mass is 9.99. The van der Waals surface area contributed by atoms with E-state index in [2.05, 4.69) is 28.2 Å². The standard InChI is InChI=1S/C20H26FN3O/c1-15(14-19(25)16-5-7-17(21)8-6-16)23-18-9-12-24(13-10-18)20-4-2-3-11-22-20/h2-8,11,15,18-19,23,25H,9-10,12-14H2,1H3/t15-,19-/m1/s1. The van der Waals surface area contributed by atoms with E-state index < -0.39 is 6.10 Å². The molecule has 4 nitrogen and oxygen atoms in total. The Morgan fingerprint density at radius 3 is 2.56 bits per heavy atom. The third-order valence-electron chi connectivity index (χ3n) is 4.82. The molecule has 0 spiro atoms. The molecule has 1 aliphatic heterocycles. The number of aliphatic hydroxyl groups is 1. The number of halogens is 1. The van der Waals surface area contributed by atoms with Gasteiger partial charge in [-0.25, -0.2) is 9.37 Å². The lowest BCUT2D eigenvalue weighted by Crippen LogP contribution is -2.46. The number of nitrogens with one attached hydrogen (secondary N) is 1. The minimum absolute atomic E-state index is 0.200. The quantitative estimate of drug-likeness (QED) is 0.845. The Hall–Kier alpha value is -1.98. The van der Waals surface area contributed by atoms with Crippen LogP contribution >= 0.6 is 0 Å². The van der Waals surface area contributed by atoms with E-state index in [1.165, 1.54) is 12.1 Å². The van der Waals surface area contributed by atoms with Crippen LogP contribution in [0.4, 0.5) is 10.2 Å². The highest BCUT2D eigenvalue weighted by atomic mass is 19.1. The number of hydrogen-bond donors (Lipinski definition) is 2. The fourth-order valence-corrected chi connectivity index (χ4v) is 3.44. The summed E-state index contributed by atoms with van der Waals surface area (Å²) in [5.41, 5.74) is 0.764. The fraction of sp³-hybridized carbons (Fsp3) is 0.450. The summed E-state index contributed by atoms with van der Waals surface area (Å²) in [5.74, 6) is 0.766. The number of aromatic nitrogens is 1. The Morgan fingerprint density at radius 2 is 1.92 bits per heavy atom. The molecule has 1 fully saturated rings. The number of anilines is 1. The molecular formula is C20H26FN3O.